The van der Waals surface area contributed by atoms with Crippen molar-refractivity contribution in [2.45, 2.75) is 58.7 Å². The summed E-state index contributed by atoms with van der Waals surface area (Å²) in [5.74, 6) is 0.742. The fraction of sp³-hybridized carbons (Fsp3) is 1.00. The van der Waals surface area contributed by atoms with E-state index in [2.05, 4.69) is 42.8 Å². The van der Waals surface area contributed by atoms with Gasteiger partial charge in [-0.3, -0.25) is 4.90 Å². The van der Waals surface area contributed by atoms with Crippen molar-refractivity contribution in [2.75, 3.05) is 32.7 Å². The van der Waals surface area contributed by atoms with Crippen LogP contribution in [-0.4, -0.2) is 60.6 Å². The van der Waals surface area contributed by atoms with Crippen molar-refractivity contribution in [3.8, 4) is 0 Å². The van der Waals surface area contributed by atoms with E-state index in [1.807, 2.05) is 0 Å². The Morgan fingerprint density at radius 2 is 2.06 bits per heavy atom. The summed E-state index contributed by atoms with van der Waals surface area (Å²) in [6.45, 7) is 15.6. The van der Waals surface area contributed by atoms with Gasteiger partial charge in [0.1, 0.15) is 0 Å². The number of nitrogens with zero attached hydrogens (tertiary/aromatic N) is 2. The summed E-state index contributed by atoms with van der Waals surface area (Å²) in [7, 11) is 0. The van der Waals surface area contributed by atoms with Gasteiger partial charge in [0.25, 0.3) is 0 Å². The van der Waals surface area contributed by atoms with E-state index in [9.17, 15) is 0 Å². The molecule has 0 spiro atoms. The second-order valence-electron chi connectivity index (χ2n) is 6.49. The Morgan fingerprint density at radius 3 is 2.72 bits per heavy atom. The molecule has 106 valence electrons. The Morgan fingerprint density at radius 1 is 1.28 bits per heavy atom. The highest BCUT2D eigenvalue weighted by molar-refractivity contribution is 4.91. The Hall–Kier alpha value is -0.120. The number of nitrogens with one attached hydrogen (secondary N) is 1. The lowest BCUT2D eigenvalue weighted by molar-refractivity contribution is 0.0358. The van der Waals surface area contributed by atoms with Gasteiger partial charge in [-0.1, -0.05) is 20.8 Å². The maximum atomic E-state index is 3.71. The van der Waals surface area contributed by atoms with Crippen LogP contribution >= 0.6 is 0 Å². The lowest BCUT2D eigenvalue weighted by Gasteiger charge is -2.47. The number of hydrogen-bond acceptors (Lipinski definition) is 3. The van der Waals surface area contributed by atoms with Gasteiger partial charge in [-0.2, -0.15) is 0 Å². The number of rotatable bonds is 3. The van der Waals surface area contributed by atoms with Crippen molar-refractivity contribution in [3.63, 3.8) is 0 Å². The molecule has 2 rings (SSSR count). The summed E-state index contributed by atoms with van der Waals surface area (Å²) in [5.41, 5.74) is 0. The Bertz CT molecular complexity index is 254. The zero-order valence-corrected chi connectivity index (χ0v) is 12.7. The van der Waals surface area contributed by atoms with Crippen molar-refractivity contribution in [2.24, 2.45) is 5.92 Å². The molecular weight excluding hydrogens is 222 g/mol. The zero-order chi connectivity index (χ0) is 13.1. The number of piperidine rings is 1. The van der Waals surface area contributed by atoms with Gasteiger partial charge in [0.05, 0.1) is 0 Å². The second kappa shape index (κ2) is 6.36. The van der Waals surface area contributed by atoms with E-state index < -0.39 is 0 Å². The number of likely N-dealkylation sites (N-methyl/N-ethyl adjacent to an activating group) is 1. The number of piperazine rings is 1. The first-order chi connectivity index (χ1) is 8.61. The molecule has 0 bridgehead atoms. The molecule has 2 heterocycles. The van der Waals surface area contributed by atoms with Crippen LogP contribution in [0, 0.1) is 5.92 Å². The summed E-state index contributed by atoms with van der Waals surface area (Å²) in [4.78, 5) is 5.40. The van der Waals surface area contributed by atoms with Crippen molar-refractivity contribution in [1.82, 2.24) is 15.1 Å². The van der Waals surface area contributed by atoms with Crippen molar-refractivity contribution in [1.29, 1.82) is 0 Å². The smallest absolute Gasteiger partial charge is 0.0227 e. The van der Waals surface area contributed by atoms with Crippen LogP contribution in [0.1, 0.15) is 40.5 Å². The van der Waals surface area contributed by atoms with E-state index in [0.717, 1.165) is 18.5 Å². The minimum Gasteiger partial charge on any atom is -0.311 e. The molecule has 0 aliphatic carbocycles. The fourth-order valence-electron chi connectivity index (χ4n) is 3.46. The molecule has 0 aromatic carbocycles. The third-order valence-electron chi connectivity index (χ3n) is 4.85. The standard InChI is InChI=1S/C15H31N3/c1-5-17-8-6-7-14(10-17)18-11-15(12(2)3)16-9-13(18)4/h12-16H,5-11H2,1-4H3. The van der Waals surface area contributed by atoms with E-state index in [-0.39, 0.29) is 0 Å². The van der Waals surface area contributed by atoms with Crippen LogP contribution in [0.25, 0.3) is 0 Å². The lowest BCUT2D eigenvalue weighted by atomic mass is 9.95. The molecule has 1 N–H and O–H groups in total. The summed E-state index contributed by atoms with van der Waals surface area (Å²) in [5, 5.41) is 3.71. The van der Waals surface area contributed by atoms with Crippen molar-refractivity contribution in [3.05, 3.63) is 0 Å². The average molecular weight is 253 g/mol. The molecule has 3 unspecified atom stereocenters. The molecule has 3 atom stereocenters. The van der Waals surface area contributed by atoms with Gasteiger partial charge >= 0.3 is 0 Å². The Kier molecular flexibility index (Phi) is 5.05. The minimum atomic E-state index is 0.679. The Labute approximate surface area is 113 Å². The largest absolute Gasteiger partial charge is 0.311 e. The van der Waals surface area contributed by atoms with Crippen LogP contribution in [0.5, 0.6) is 0 Å². The van der Waals surface area contributed by atoms with Crippen molar-refractivity contribution < 1.29 is 0 Å². The first-order valence-corrected chi connectivity index (χ1v) is 7.83. The molecular formula is C15H31N3. The highest BCUT2D eigenvalue weighted by Crippen LogP contribution is 2.21. The molecule has 0 saturated carbocycles. The van der Waals surface area contributed by atoms with Gasteiger partial charge in [-0.05, 0) is 38.8 Å². The normalized spacial score (nSPS) is 36.2. The molecule has 0 aromatic heterocycles. The third-order valence-corrected chi connectivity index (χ3v) is 4.85. The van der Waals surface area contributed by atoms with Crippen LogP contribution in [0.15, 0.2) is 0 Å². The molecule has 0 amide bonds. The van der Waals surface area contributed by atoms with Gasteiger partial charge in [-0.15, -0.1) is 0 Å². The molecule has 2 aliphatic heterocycles. The third kappa shape index (κ3) is 3.25. The highest BCUT2D eigenvalue weighted by Gasteiger charge is 2.33. The fourth-order valence-corrected chi connectivity index (χ4v) is 3.46. The second-order valence-corrected chi connectivity index (χ2v) is 6.49. The Balaban J connectivity index is 1.96. The van der Waals surface area contributed by atoms with E-state index in [0.29, 0.717) is 12.1 Å². The van der Waals surface area contributed by atoms with E-state index in [1.165, 1.54) is 39.0 Å². The number of hydrogen-bond donors (Lipinski definition) is 1. The molecule has 0 radical (unpaired) electrons. The van der Waals surface area contributed by atoms with E-state index in [1.54, 1.807) is 0 Å². The zero-order valence-electron chi connectivity index (χ0n) is 12.7. The lowest BCUT2D eigenvalue weighted by Crippen LogP contribution is -2.62. The quantitative estimate of drug-likeness (QED) is 0.827. The summed E-state index contributed by atoms with van der Waals surface area (Å²) in [6, 6.07) is 2.16. The average Bonchev–Trinajstić information content (AvgIpc) is 2.39. The molecule has 18 heavy (non-hydrogen) atoms. The van der Waals surface area contributed by atoms with Crippen LogP contribution in [0.2, 0.25) is 0 Å². The molecule has 2 saturated heterocycles. The van der Waals surface area contributed by atoms with Crippen LogP contribution < -0.4 is 5.32 Å². The summed E-state index contributed by atoms with van der Waals surface area (Å²) < 4.78 is 0. The highest BCUT2D eigenvalue weighted by atomic mass is 15.3. The van der Waals surface area contributed by atoms with E-state index >= 15 is 0 Å². The van der Waals surface area contributed by atoms with Crippen molar-refractivity contribution >= 4 is 0 Å². The van der Waals surface area contributed by atoms with Crippen LogP contribution in [0.3, 0.4) is 0 Å². The predicted octanol–water partition coefficient (Wildman–Crippen LogP) is 1.79. The topological polar surface area (TPSA) is 18.5 Å². The molecule has 0 aromatic rings. The monoisotopic (exact) mass is 253 g/mol. The van der Waals surface area contributed by atoms with E-state index in [4.69, 9.17) is 0 Å². The minimum absolute atomic E-state index is 0.679. The van der Waals surface area contributed by atoms with Gasteiger partial charge in [0.15, 0.2) is 0 Å². The van der Waals surface area contributed by atoms with Crippen LogP contribution in [0.4, 0.5) is 0 Å². The first-order valence-electron chi connectivity index (χ1n) is 7.83. The molecule has 3 nitrogen and oxygen atoms in total. The maximum absolute atomic E-state index is 3.71. The molecule has 2 fully saturated rings. The summed E-state index contributed by atoms with van der Waals surface area (Å²) >= 11 is 0. The first kappa shape index (κ1) is 14.3. The SMILES string of the molecule is CCN1CCCC(N2CC(C(C)C)NCC2C)C1. The van der Waals surface area contributed by atoms with Crippen LogP contribution in [-0.2, 0) is 0 Å². The van der Waals surface area contributed by atoms with Gasteiger partial charge in [0.2, 0.25) is 0 Å². The van der Waals surface area contributed by atoms with Gasteiger partial charge in [0, 0.05) is 37.8 Å². The number of likely N-dealkylation sites (tertiary alicyclic amines) is 1. The predicted molar refractivity (Wildman–Crippen MR) is 77.9 cm³/mol. The van der Waals surface area contributed by atoms with Gasteiger partial charge in [-0.25, -0.2) is 0 Å². The maximum Gasteiger partial charge on any atom is 0.0227 e. The summed E-state index contributed by atoms with van der Waals surface area (Å²) in [6.07, 6.45) is 2.77. The van der Waals surface area contributed by atoms with Gasteiger partial charge < -0.3 is 10.2 Å². The molecule has 3 heteroatoms. The molecule has 2 aliphatic rings.